The van der Waals surface area contributed by atoms with E-state index in [0.29, 0.717) is 5.75 Å². The van der Waals surface area contributed by atoms with E-state index in [1.54, 1.807) is 0 Å². The summed E-state index contributed by atoms with van der Waals surface area (Å²) in [5.41, 5.74) is -1.36. The fourth-order valence-electron chi connectivity index (χ4n) is 0.298. The Morgan fingerprint density at radius 3 is 2.78 bits per heavy atom. The summed E-state index contributed by atoms with van der Waals surface area (Å²) in [5, 5.41) is 18.4. The first kappa shape index (κ1) is 8.78. The number of carbonyl (C=O) groups excluding carboxylic acids is 1. The summed E-state index contributed by atoms with van der Waals surface area (Å²) in [5.74, 6) is -0.761. The zero-order chi connectivity index (χ0) is 7.28. The number of aliphatic carboxylic acids is 1. The number of carboxylic acids is 1. The number of hydrogen-bond donors (Lipinski definition) is 1. The van der Waals surface area contributed by atoms with Crippen LogP contribution in [0.4, 0.5) is 0 Å². The molecule has 0 rings (SSSR count). The number of thioether (sulfide) groups is 1. The molecule has 0 aliphatic heterocycles. The van der Waals surface area contributed by atoms with Crippen molar-refractivity contribution in [2.24, 2.45) is 0 Å². The molecule has 0 spiro atoms. The highest BCUT2D eigenvalue weighted by Crippen LogP contribution is 2.07. The maximum absolute atomic E-state index is 9.82. The lowest BCUT2D eigenvalue weighted by Gasteiger charge is -2.08. The quantitative estimate of drug-likeness (QED) is 0.531. The van der Waals surface area contributed by atoms with Crippen LogP contribution in [0, 0.1) is 0 Å². The summed E-state index contributed by atoms with van der Waals surface area (Å²) in [6.45, 7) is 1.91. The van der Waals surface area contributed by atoms with Gasteiger partial charge in [0.25, 0.3) is 0 Å². The highest BCUT2D eigenvalue weighted by atomic mass is 32.2. The Morgan fingerprint density at radius 2 is 2.44 bits per heavy atom. The van der Waals surface area contributed by atoms with Crippen molar-refractivity contribution in [3.8, 4) is 0 Å². The molecule has 0 aliphatic rings. The third-order valence-electron chi connectivity index (χ3n) is 0.681. The van der Waals surface area contributed by atoms with Gasteiger partial charge < -0.3 is 15.0 Å². The van der Waals surface area contributed by atoms with Crippen LogP contribution < -0.4 is 5.11 Å². The zero-order valence-electron chi connectivity index (χ0n) is 5.16. The van der Waals surface area contributed by atoms with Gasteiger partial charge in [0.05, 0.1) is 5.97 Å². The first-order valence-electron chi connectivity index (χ1n) is 2.69. The average Bonchev–Trinajstić information content (AvgIpc) is 1.82. The van der Waals surface area contributed by atoms with Crippen molar-refractivity contribution < 1.29 is 15.0 Å². The highest BCUT2D eigenvalue weighted by Gasteiger charge is 2.01. The van der Waals surface area contributed by atoms with Crippen molar-refractivity contribution in [1.82, 2.24) is 0 Å². The van der Waals surface area contributed by atoms with Gasteiger partial charge in [-0.15, -0.1) is 11.8 Å². The van der Waals surface area contributed by atoms with Crippen molar-refractivity contribution in [3.63, 3.8) is 0 Å². The largest absolute Gasteiger partial charge is 0.546 e. The summed E-state index contributed by atoms with van der Waals surface area (Å²) in [6, 6.07) is 0. The molecule has 0 aromatic carbocycles. The Morgan fingerprint density at radius 1 is 1.89 bits per heavy atom. The Kier molecular flexibility index (Phi) is 4.53. The summed E-state index contributed by atoms with van der Waals surface area (Å²) in [4.78, 5) is 9.82. The topological polar surface area (TPSA) is 60.4 Å². The molecule has 0 aliphatic carbocycles. The fraction of sp³-hybridized carbons (Fsp3) is 0.800. The smallest absolute Gasteiger partial charge is 0.139 e. The van der Waals surface area contributed by atoms with Gasteiger partial charge in [-0.25, -0.2) is 0 Å². The van der Waals surface area contributed by atoms with E-state index >= 15 is 0 Å². The van der Waals surface area contributed by atoms with Crippen LogP contribution >= 0.6 is 11.8 Å². The van der Waals surface area contributed by atoms with Crippen molar-refractivity contribution >= 4 is 17.7 Å². The minimum absolute atomic E-state index is 0.648. The van der Waals surface area contributed by atoms with Gasteiger partial charge in [0.1, 0.15) is 5.44 Å². The molecule has 0 amide bonds. The van der Waals surface area contributed by atoms with Gasteiger partial charge in [-0.05, 0) is 12.2 Å². The van der Waals surface area contributed by atoms with E-state index in [4.69, 9.17) is 5.11 Å². The Hall–Kier alpha value is -0.220. The summed E-state index contributed by atoms with van der Waals surface area (Å²) in [7, 11) is 0. The molecule has 0 fully saturated rings. The molecule has 4 heteroatoms. The Balaban J connectivity index is 3.27. The number of carbonyl (C=O) groups is 1. The van der Waals surface area contributed by atoms with Gasteiger partial charge in [0, 0.05) is 0 Å². The van der Waals surface area contributed by atoms with Gasteiger partial charge in [-0.2, -0.15) is 0 Å². The highest BCUT2D eigenvalue weighted by molar-refractivity contribution is 8.00. The standard InChI is InChI=1S/C5H10O3S/c1-2-3-9-5(8)4(6)7/h5,8H,2-3H2,1H3,(H,6,7)/p-1. The van der Waals surface area contributed by atoms with Crippen LogP contribution in [0.2, 0.25) is 0 Å². The van der Waals surface area contributed by atoms with Crippen LogP contribution in [0.5, 0.6) is 0 Å². The second-order valence-corrected chi connectivity index (χ2v) is 2.73. The van der Waals surface area contributed by atoms with E-state index in [0.717, 1.165) is 18.2 Å². The third-order valence-corrected chi connectivity index (χ3v) is 1.83. The monoisotopic (exact) mass is 149 g/mol. The maximum atomic E-state index is 9.82. The molecule has 1 N–H and O–H groups in total. The molecule has 9 heavy (non-hydrogen) atoms. The molecule has 0 saturated carbocycles. The lowest BCUT2D eigenvalue weighted by atomic mass is 10.6. The molecule has 3 nitrogen and oxygen atoms in total. The van der Waals surface area contributed by atoms with Crippen LogP contribution in [-0.4, -0.2) is 22.3 Å². The van der Waals surface area contributed by atoms with Crippen LogP contribution in [-0.2, 0) is 4.79 Å². The fourth-order valence-corrected chi connectivity index (χ4v) is 0.893. The molecule has 54 valence electrons. The van der Waals surface area contributed by atoms with E-state index in [2.05, 4.69) is 0 Å². The molecule has 1 unspecified atom stereocenters. The van der Waals surface area contributed by atoms with Crippen LogP contribution in [0.15, 0.2) is 0 Å². The Labute approximate surface area is 58.1 Å². The number of rotatable bonds is 4. The van der Waals surface area contributed by atoms with Crippen LogP contribution in [0.1, 0.15) is 13.3 Å². The van der Waals surface area contributed by atoms with Gasteiger partial charge >= 0.3 is 0 Å². The van der Waals surface area contributed by atoms with E-state index in [9.17, 15) is 9.90 Å². The average molecular weight is 149 g/mol. The van der Waals surface area contributed by atoms with E-state index < -0.39 is 11.4 Å². The van der Waals surface area contributed by atoms with E-state index in [-0.39, 0.29) is 0 Å². The molecule has 1 atom stereocenters. The van der Waals surface area contributed by atoms with Crippen molar-refractivity contribution in [1.29, 1.82) is 0 Å². The molecule has 0 aromatic rings. The summed E-state index contributed by atoms with van der Waals surface area (Å²) in [6.07, 6.45) is 0.856. The van der Waals surface area contributed by atoms with Crippen molar-refractivity contribution in [2.75, 3.05) is 5.75 Å². The molecular weight excluding hydrogens is 140 g/mol. The number of aliphatic hydroxyl groups is 1. The van der Waals surface area contributed by atoms with Gasteiger partial charge in [0.15, 0.2) is 0 Å². The van der Waals surface area contributed by atoms with Gasteiger partial charge in [0.2, 0.25) is 0 Å². The first-order valence-corrected chi connectivity index (χ1v) is 3.74. The Bertz CT molecular complexity index is 94.2. The molecule has 0 radical (unpaired) electrons. The molecule has 0 saturated heterocycles. The van der Waals surface area contributed by atoms with E-state index in [1.807, 2.05) is 6.92 Å². The van der Waals surface area contributed by atoms with Crippen LogP contribution in [0.25, 0.3) is 0 Å². The minimum Gasteiger partial charge on any atom is -0.546 e. The third kappa shape index (κ3) is 4.29. The summed E-state index contributed by atoms with van der Waals surface area (Å²) < 4.78 is 0. The maximum Gasteiger partial charge on any atom is 0.139 e. The lowest BCUT2D eigenvalue weighted by Crippen LogP contribution is -2.33. The lowest BCUT2D eigenvalue weighted by molar-refractivity contribution is -0.310. The SMILES string of the molecule is CCCSC(O)C(=O)[O-]. The van der Waals surface area contributed by atoms with Gasteiger partial charge in [-0.3, -0.25) is 0 Å². The van der Waals surface area contributed by atoms with E-state index in [1.165, 1.54) is 0 Å². The molecule has 0 bridgehead atoms. The summed E-state index contributed by atoms with van der Waals surface area (Å²) >= 11 is 0.978. The first-order chi connectivity index (χ1) is 4.18. The van der Waals surface area contributed by atoms with Crippen molar-refractivity contribution in [2.45, 2.75) is 18.8 Å². The normalized spacial score (nSPS) is 13.1. The number of carboxylic acid groups (broad SMARTS) is 1. The number of hydrogen-bond acceptors (Lipinski definition) is 4. The zero-order valence-corrected chi connectivity index (χ0v) is 5.98. The molecular formula is C5H9O3S-. The second kappa shape index (κ2) is 4.64. The van der Waals surface area contributed by atoms with Crippen molar-refractivity contribution in [3.05, 3.63) is 0 Å². The minimum atomic E-state index is -1.41. The van der Waals surface area contributed by atoms with Crippen LogP contribution in [0.3, 0.4) is 0 Å². The predicted octanol–water partition coefficient (Wildman–Crippen LogP) is -0.802. The molecule has 0 heterocycles. The predicted molar refractivity (Wildman–Crippen MR) is 33.8 cm³/mol. The van der Waals surface area contributed by atoms with Gasteiger partial charge in [-0.1, -0.05) is 6.92 Å². The second-order valence-electron chi connectivity index (χ2n) is 1.54. The number of aliphatic hydroxyl groups excluding tert-OH is 1. The molecule has 0 aromatic heterocycles.